The van der Waals surface area contributed by atoms with Crippen LogP contribution >= 0.6 is 0 Å². The normalized spacial score (nSPS) is 12.6. The van der Waals surface area contributed by atoms with Crippen LogP contribution in [0.2, 0.25) is 0 Å². The lowest BCUT2D eigenvalue weighted by Crippen LogP contribution is -2.37. The molecule has 0 fully saturated rings. The SMILES string of the molecule is CC(Oc1ccc2c(c1)c1ccnc3c4ccccc4c(=O)n2c13)C(=O)NCCCn1ccnc1. The van der Waals surface area contributed by atoms with Gasteiger partial charge in [0.15, 0.2) is 6.10 Å². The summed E-state index contributed by atoms with van der Waals surface area (Å²) in [5.41, 5.74) is 2.31. The fourth-order valence-corrected chi connectivity index (χ4v) is 4.72. The number of aryl methyl sites for hydroxylation is 1. The summed E-state index contributed by atoms with van der Waals surface area (Å²) in [5, 5.41) is 6.21. The first-order valence-electron chi connectivity index (χ1n) is 11.6. The van der Waals surface area contributed by atoms with E-state index < -0.39 is 6.10 Å². The number of carbonyl (C=O) groups is 1. The van der Waals surface area contributed by atoms with Gasteiger partial charge < -0.3 is 14.6 Å². The van der Waals surface area contributed by atoms with Gasteiger partial charge in [0.25, 0.3) is 11.5 Å². The van der Waals surface area contributed by atoms with Crippen molar-refractivity contribution < 1.29 is 9.53 Å². The topological polar surface area (TPSA) is 90.5 Å². The number of hydrogen-bond acceptors (Lipinski definition) is 5. The Morgan fingerprint density at radius 3 is 2.74 bits per heavy atom. The average molecular weight is 466 g/mol. The first-order chi connectivity index (χ1) is 17.1. The second kappa shape index (κ2) is 8.39. The van der Waals surface area contributed by atoms with Crippen molar-refractivity contribution in [2.75, 3.05) is 6.54 Å². The van der Waals surface area contributed by atoms with E-state index in [1.165, 1.54) is 0 Å². The second-order valence-electron chi connectivity index (χ2n) is 8.63. The summed E-state index contributed by atoms with van der Waals surface area (Å²) in [6.45, 7) is 3.07. The molecule has 1 amide bonds. The molecule has 1 unspecified atom stereocenters. The highest BCUT2D eigenvalue weighted by atomic mass is 16.5. The first kappa shape index (κ1) is 21.1. The lowest BCUT2D eigenvalue weighted by molar-refractivity contribution is -0.127. The molecule has 6 aromatic rings. The van der Waals surface area contributed by atoms with E-state index in [-0.39, 0.29) is 11.5 Å². The fourth-order valence-electron chi connectivity index (χ4n) is 4.72. The first-order valence-corrected chi connectivity index (χ1v) is 11.6. The van der Waals surface area contributed by atoms with Crippen LogP contribution in [0.25, 0.3) is 38.1 Å². The van der Waals surface area contributed by atoms with Gasteiger partial charge in [0.1, 0.15) is 5.75 Å². The van der Waals surface area contributed by atoms with E-state index in [0.29, 0.717) is 17.7 Å². The molecule has 1 N–H and O–H groups in total. The molecule has 35 heavy (non-hydrogen) atoms. The van der Waals surface area contributed by atoms with Gasteiger partial charge in [0, 0.05) is 53.2 Å². The smallest absolute Gasteiger partial charge is 0.263 e. The minimum atomic E-state index is -0.659. The van der Waals surface area contributed by atoms with Gasteiger partial charge in [0.2, 0.25) is 0 Å². The van der Waals surface area contributed by atoms with Gasteiger partial charge in [-0.05, 0) is 43.7 Å². The van der Waals surface area contributed by atoms with Crippen molar-refractivity contribution in [3.8, 4) is 5.75 Å². The number of fused-ring (bicyclic) bond motifs is 5. The van der Waals surface area contributed by atoms with Gasteiger partial charge in [-0.2, -0.15) is 0 Å². The van der Waals surface area contributed by atoms with Crippen LogP contribution in [-0.4, -0.2) is 37.5 Å². The molecule has 1 atom stereocenters. The number of aromatic nitrogens is 4. The standard InChI is InChI=1S/C27H23N5O3/c1-17(26(33)30-10-4-13-31-14-12-28-16-31)35-18-7-8-23-22(15-18)20-9-11-29-24-19-5-2-3-6-21(19)27(34)32(23)25(20)24/h2-3,5-9,11-12,14-17H,4,10,13H2,1H3,(H,30,33). The zero-order valence-electron chi connectivity index (χ0n) is 19.1. The third-order valence-corrected chi connectivity index (χ3v) is 6.40. The molecule has 0 radical (unpaired) electrons. The van der Waals surface area contributed by atoms with Crippen molar-refractivity contribution in [1.82, 2.24) is 24.3 Å². The molecule has 0 aliphatic rings. The summed E-state index contributed by atoms with van der Waals surface area (Å²) in [5.74, 6) is 0.397. The van der Waals surface area contributed by atoms with E-state index in [2.05, 4.69) is 15.3 Å². The van der Waals surface area contributed by atoms with Crippen molar-refractivity contribution >= 4 is 44.0 Å². The molecule has 0 spiro atoms. The van der Waals surface area contributed by atoms with Crippen molar-refractivity contribution in [1.29, 1.82) is 0 Å². The maximum absolute atomic E-state index is 13.4. The number of pyridine rings is 2. The number of rotatable bonds is 7. The van der Waals surface area contributed by atoms with E-state index in [1.54, 1.807) is 36.1 Å². The molecule has 6 rings (SSSR count). The summed E-state index contributed by atoms with van der Waals surface area (Å²) in [4.78, 5) is 34.5. The zero-order chi connectivity index (χ0) is 23.9. The lowest BCUT2D eigenvalue weighted by atomic mass is 10.1. The van der Waals surface area contributed by atoms with E-state index in [0.717, 1.165) is 45.7 Å². The maximum atomic E-state index is 13.4. The third kappa shape index (κ3) is 3.54. The number of hydrogen-bond donors (Lipinski definition) is 1. The Morgan fingerprint density at radius 1 is 1.06 bits per heavy atom. The molecule has 4 heterocycles. The molecule has 0 aliphatic carbocycles. The van der Waals surface area contributed by atoms with Crippen LogP contribution in [0.15, 0.2) is 78.2 Å². The zero-order valence-corrected chi connectivity index (χ0v) is 19.1. The Labute approximate surface area is 200 Å². The Bertz CT molecular complexity index is 1740. The lowest BCUT2D eigenvalue weighted by Gasteiger charge is -2.15. The molecule has 8 heteroatoms. The second-order valence-corrected chi connectivity index (χ2v) is 8.63. The van der Waals surface area contributed by atoms with Gasteiger partial charge >= 0.3 is 0 Å². The monoisotopic (exact) mass is 465 g/mol. The molecule has 0 bridgehead atoms. The molecule has 2 aromatic carbocycles. The Hall–Kier alpha value is -4.46. The van der Waals surface area contributed by atoms with Crippen molar-refractivity contribution in [2.24, 2.45) is 0 Å². The largest absolute Gasteiger partial charge is 0.481 e. The molecule has 0 saturated heterocycles. The molecular weight excluding hydrogens is 442 g/mol. The van der Waals surface area contributed by atoms with Crippen molar-refractivity contribution in [3.05, 3.63) is 83.8 Å². The number of amides is 1. The molecule has 0 saturated carbocycles. The van der Waals surface area contributed by atoms with Crippen LogP contribution in [-0.2, 0) is 11.3 Å². The Balaban J connectivity index is 1.29. The predicted molar refractivity (Wildman–Crippen MR) is 135 cm³/mol. The molecule has 174 valence electrons. The summed E-state index contributed by atoms with van der Waals surface area (Å²) in [6, 6.07) is 15.0. The summed E-state index contributed by atoms with van der Waals surface area (Å²) < 4.78 is 9.68. The molecule has 8 nitrogen and oxygen atoms in total. The fraction of sp³-hybridized carbons (Fsp3) is 0.185. The average Bonchev–Trinajstić information content (AvgIpc) is 3.52. The van der Waals surface area contributed by atoms with Gasteiger partial charge in [-0.3, -0.25) is 19.0 Å². The molecular formula is C27H23N5O3. The highest BCUT2D eigenvalue weighted by molar-refractivity contribution is 6.18. The van der Waals surface area contributed by atoms with E-state index in [9.17, 15) is 9.59 Å². The van der Waals surface area contributed by atoms with Crippen LogP contribution in [0, 0.1) is 0 Å². The molecule has 0 aliphatic heterocycles. The van der Waals surface area contributed by atoms with E-state index in [4.69, 9.17) is 4.74 Å². The number of nitrogens with zero attached hydrogens (tertiary/aromatic N) is 4. The maximum Gasteiger partial charge on any atom is 0.263 e. The number of imidazole rings is 1. The minimum absolute atomic E-state index is 0.0711. The van der Waals surface area contributed by atoms with E-state index >= 15 is 0 Å². The Morgan fingerprint density at radius 2 is 1.91 bits per heavy atom. The Kier molecular flexibility index (Phi) is 5.06. The highest BCUT2D eigenvalue weighted by Gasteiger charge is 2.19. The van der Waals surface area contributed by atoms with Crippen LogP contribution in [0.1, 0.15) is 13.3 Å². The number of benzene rings is 2. The summed E-state index contributed by atoms with van der Waals surface area (Å²) >= 11 is 0. The van der Waals surface area contributed by atoms with E-state index in [1.807, 2.05) is 53.2 Å². The summed E-state index contributed by atoms with van der Waals surface area (Å²) in [6.07, 6.45) is 7.29. The molecule has 4 aromatic heterocycles. The third-order valence-electron chi connectivity index (χ3n) is 6.40. The predicted octanol–water partition coefficient (Wildman–Crippen LogP) is 3.76. The van der Waals surface area contributed by atoms with Gasteiger partial charge in [-0.25, -0.2) is 4.98 Å². The quantitative estimate of drug-likeness (QED) is 0.286. The van der Waals surface area contributed by atoms with Crippen LogP contribution in [0.4, 0.5) is 0 Å². The van der Waals surface area contributed by atoms with Gasteiger partial charge in [-0.15, -0.1) is 0 Å². The van der Waals surface area contributed by atoms with Crippen LogP contribution in [0.3, 0.4) is 0 Å². The number of ether oxygens (including phenoxy) is 1. The summed E-state index contributed by atoms with van der Waals surface area (Å²) in [7, 11) is 0. The van der Waals surface area contributed by atoms with Crippen LogP contribution < -0.4 is 15.6 Å². The minimum Gasteiger partial charge on any atom is -0.481 e. The van der Waals surface area contributed by atoms with Gasteiger partial charge in [0.05, 0.1) is 22.9 Å². The van der Waals surface area contributed by atoms with Gasteiger partial charge in [-0.1, -0.05) is 18.2 Å². The van der Waals surface area contributed by atoms with Crippen molar-refractivity contribution in [2.45, 2.75) is 26.0 Å². The highest BCUT2D eigenvalue weighted by Crippen LogP contribution is 2.34. The number of nitrogens with one attached hydrogen (secondary N) is 1. The number of carbonyl (C=O) groups excluding carboxylic acids is 1. The van der Waals surface area contributed by atoms with Crippen LogP contribution in [0.5, 0.6) is 5.75 Å². The van der Waals surface area contributed by atoms with Crippen molar-refractivity contribution in [3.63, 3.8) is 0 Å².